The lowest BCUT2D eigenvalue weighted by Crippen LogP contribution is -2.60. The first-order valence-electron chi connectivity index (χ1n) is 9.79. The average Bonchev–Trinajstić information content (AvgIpc) is 2.78. The third-order valence-electron chi connectivity index (χ3n) is 5.36. The SMILES string of the molecule is CO[C@@H]1O[C@H](CNC(=O)c2cc(Br)c(C)n(Cc3ccc(F)cc3)c2=O)[C@H](O)[C@H](O)[C@H]1O. The van der Waals surface area contributed by atoms with Gasteiger partial charge in [0.15, 0.2) is 6.29 Å². The molecule has 0 unspecified atom stereocenters. The van der Waals surface area contributed by atoms with Crippen LogP contribution in [0.4, 0.5) is 4.39 Å². The van der Waals surface area contributed by atoms with Crippen LogP contribution in [0.2, 0.25) is 0 Å². The largest absolute Gasteiger partial charge is 0.388 e. The molecule has 4 N–H and O–H groups in total. The molecule has 0 bridgehead atoms. The number of hydrogen-bond acceptors (Lipinski definition) is 7. The molecule has 1 aliphatic heterocycles. The monoisotopic (exact) mass is 514 g/mol. The number of ether oxygens (including phenoxy) is 2. The number of nitrogens with one attached hydrogen (secondary N) is 1. The highest BCUT2D eigenvalue weighted by atomic mass is 79.9. The Hall–Kier alpha value is -2.15. The molecule has 174 valence electrons. The molecule has 0 radical (unpaired) electrons. The van der Waals surface area contributed by atoms with Crippen molar-refractivity contribution in [3.05, 3.63) is 67.8 Å². The van der Waals surface area contributed by atoms with Crippen molar-refractivity contribution in [3.63, 3.8) is 0 Å². The number of aliphatic hydroxyl groups excluding tert-OH is 3. The summed E-state index contributed by atoms with van der Waals surface area (Å²) in [4.78, 5) is 25.7. The van der Waals surface area contributed by atoms with Gasteiger partial charge in [-0.25, -0.2) is 4.39 Å². The van der Waals surface area contributed by atoms with E-state index < -0.39 is 48.0 Å². The number of hydrogen-bond donors (Lipinski definition) is 4. The number of halogens is 2. The Labute approximate surface area is 191 Å². The minimum Gasteiger partial charge on any atom is -0.388 e. The highest BCUT2D eigenvalue weighted by Gasteiger charge is 2.43. The molecule has 0 saturated carbocycles. The Morgan fingerprint density at radius 3 is 2.50 bits per heavy atom. The summed E-state index contributed by atoms with van der Waals surface area (Å²) in [6.07, 6.45) is -6.71. The van der Waals surface area contributed by atoms with Crippen LogP contribution in [0, 0.1) is 12.7 Å². The van der Waals surface area contributed by atoms with E-state index in [0.717, 1.165) is 0 Å². The fourth-order valence-corrected chi connectivity index (χ4v) is 3.86. The molecule has 3 rings (SSSR count). The van der Waals surface area contributed by atoms with Gasteiger partial charge >= 0.3 is 0 Å². The van der Waals surface area contributed by atoms with E-state index in [0.29, 0.717) is 15.7 Å². The van der Waals surface area contributed by atoms with E-state index in [1.165, 1.54) is 29.9 Å². The minimum atomic E-state index is -1.53. The molecule has 0 spiro atoms. The van der Waals surface area contributed by atoms with Gasteiger partial charge in [0, 0.05) is 23.8 Å². The Morgan fingerprint density at radius 2 is 1.88 bits per heavy atom. The van der Waals surface area contributed by atoms with Crippen molar-refractivity contribution < 1.29 is 34.0 Å². The van der Waals surface area contributed by atoms with E-state index in [9.17, 15) is 29.3 Å². The van der Waals surface area contributed by atoms with Crippen molar-refractivity contribution in [2.24, 2.45) is 0 Å². The summed E-state index contributed by atoms with van der Waals surface area (Å²) in [5.74, 6) is -1.11. The van der Waals surface area contributed by atoms with Gasteiger partial charge < -0.3 is 34.7 Å². The predicted octanol–water partition coefficient (Wildman–Crippen LogP) is 0.290. The van der Waals surface area contributed by atoms with E-state index in [1.54, 1.807) is 19.1 Å². The van der Waals surface area contributed by atoms with Crippen molar-refractivity contribution in [2.45, 2.75) is 44.2 Å². The first-order chi connectivity index (χ1) is 15.1. The second-order valence-electron chi connectivity index (χ2n) is 7.47. The highest BCUT2D eigenvalue weighted by Crippen LogP contribution is 2.22. The summed E-state index contributed by atoms with van der Waals surface area (Å²) in [6.45, 7) is 1.60. The third kappa shape index (κ3) is 5.08. The van der Waals surface area contributed by atoms with Crippen molar-refractivity contribution >= 4 is 21.8 Å². The quantitative estimate of drug-likeness (QED) is 0.435. The molecule has 1 saturated heterocycles. The van der Waals surface area contributed by atoms with Gasteiger partial charge in [0.2, 0.25) is 0 Å². The van der Waals surface area contributed by atoms with Gasteiger partial charge in [-0.15, -0.1) is 0 Å². The fourth-order valence-electron chi connectivity index (χ4n) is 3.41. The first-order valence-corrected chi connectivity index (χ1v) is 10.6. The molecule has 1 fully saturated rings. The maximum absolute atomic E-state index is 13.2. The van der Waals surface area contributed by atoms with Crippen LogP contribution in [0.3, 0.4) is 0 Å². The van der Waals surface area contributed by atoms with Crippen molar-refractivity contribution in [2.75, 3.05) is 13.7 Å². The van der Waals surface area contributed by atoms with Crippen molar-refractivity contribution in [1.82, 2.24) is 9.88 Å². The van der Waals surface area contributed by atoms with Crippen LogP contribution in [0.25, 0.3) is 0 Å². The Bertz CT molecular complexity index is 1030. The zero-order chi connectivity index (χ0) is 23.6. The number of pyridine rings is 1. The molecule has 2 heterocycles. The van der Waals surface area contributed by atoms with Crippen LogP contribution in [-0.4, -0.2) is 70.2 Å². The fraction of sp³-hybridized carbons (Fsp3) is 0.429. The smallest absolute Gasteiger partial charge is 0.263 e. The Morgan fingerprint density at radius 1 is 1.22 bits per heavy atom. The van der Waals surface area contributed by atoms with E-state index in [4.69, 9.17) is 9.47 Å². The van der Waals surface area contributed by atoms with Crippen molar-refractivity contribution in [1.29, 1.82) is 0 Å². The summed E-state index contributed by atoms with van der Waals surface area (Å²) in [5.41, 5.74) is 0.557. The number of nitrogens with zero attached hydrogens (tertiary/aromatic N) is 1. The topological polar surface area (TPSA) is 130 Å². The van der Waals surface area contributed by atoms with Crippen LogP contribution in [0.5, 0.6) is 0 Å². The van der Waals surface area contributed by atoms with Crippen LogP contribution >= 0.6 is 15.9 Å². The summed E-state index contributed by atoms with van der Waals surface area (Å²) in [6, 6.07) is 7.07. The zero-order valence-electron chi connectivity index (χ0n) is 17.4. The molecule has 0 aliphatic carbocycles. The maximum Gasteiger partial charge on any atom is 0.263 e. The molecule has 2 aromatic rings. The molecular weight excluding hydrogens is 491 g/mol. The minimum absolute atomic E-state index is 0.134. The number of benzene rings is 1. The first kappa shape index (κ1) is 24.5. The third-order valence-corrected chi connectivity index (χ3v) is 6.16. The summed E-state index contributed by atoms with van der Waals surface area (Å²) >= 11 is 3.35. The van der Waals surface area contributed by atoms with Crippen LogP contribution in [-0.2, 0) is 16.0 Å². The van der Waals surface area contributed by atoms with Gasteiger partial charge in [-0.2, -0.15) is 0 Å². The van der Waals surface area contributed by atoms with Gasteiger partial charge in [-0.1, -0.05) is 12.1 Å². The number of rotatable bonds is 6. The maximum atomic E-state index is 13.2. The van der Waals surface area contributed by atoms with Crippen LogP contribution in [0.15, 0.2) is 39.6 Å². The summed E-state index contributed by atoms with van der Waals surface area (Å²) in [7, 11) is 1.27. The molecule has 11 heteroatoms. The number of amides is 1. The van der Waals surface area contributed by atoms with Gasteiger partial charge in [0.1, 0.15) is 35.8 Å². The number of carbonyl (C=O) groups excluding carboxylic acids is 1. The van der Waals surface area contributed by atoms with Gasteiger partial charge in [-0.3, -0.25) is 9.59 Å². The highest BCUT2D eigenvalue weighted by molar-refractivity contribution is 9.10. The summed E-state index contributed by atoms with van der Waals surface area (Å²) in [5, 5.41) is 32.4. The second-order valence-corrected chi connectivity index (χ2v) is 8.32. The number of methoxy groups -OCH3 is 1. The molecule has 1 aromatic carbocycles. The van der Waals surface area contributed by atoms with Gasteiger partial charge in [-0.05, 0) is 46.6 Å². The number of carbonyl (C=O) groups is 1. The molecule has 1 aliphatic rings. The Kier molecular flexibility index (Phi) is 7.80. The lowest BCUT2D eigenvalue weighted by Gasteiger charge is -2.39. The number of aromatic nitrogens is 1. The van der Waals surface area contributed by atoms with Crippen molar-refractivity contribution in [3.8, 4) is 0 Å². The van der Waals surface area contributed by atoms with Crippen LogP contribution in [0.1, 0.15) is 21.6 Å². The molecule has 5 atom stereocenters. The molecule has 1 aromatic heterocycles. The summed E-state index contributed by atoms with van der Waals surface area (Å²) < 4.78 is 25.4. The molecule has 1 amide bonds. The van der Waals surface area contributed by atoms with E-state index in [2.05, 4.69) is 21.2 Å². The molecular formula is C21H24BrFN2O7. The van der Waals surface area contributed by atoms with Crippen LogP contribution < -0.4 is 10.9 Å². The van der Waals surface area contributed by atoms with Gasteiger partial charge in [0.05, 0.1) is 6.54 Å². The molecule has 9 nitrogen and oxygen atoms in total. The normalized spacial score (nSPS) is 25.5. The zero-order valence-corrected chi connectivity index (χ0v) is 19.0. The van der Waals surface area contributed by atoms with E-state index in [-0.39, 0.29) is 18.7 Å². The lowest BCUT2D eigenvalue weighted by molar-refractivity contribution is -0.288. The standard InChI is InChI=1S/C21H24BrFN2O7/c1-10-14(22)7-13(20(30)25(10)9-11-3-5-12(23)6-4-11)19(29)24-8-15-16(26)17(27)18(28)21(31-2)32-15/h3-7,15-18,21,26-28H,8-9H2,1-2H3,(H,24,29)/t15-,16+,17+,18-,21-/m1/s1. The lowest BCUT2D eigenvalue weighted by atomic mass is 9.99. The predicted molar refractivity (Wildman–Crippen MR) is 115 cm³/mol. The van der Waals surface area contributed by atoms with E-state index >= 15 is 0 Å². The second kappa shape index (κ2) is 10.2. The van der Waals surface area contributed by atoms with E-state index in [1.807, 2.05) is 0 Å². The Balaban J connectivity index is 1.79. The molecule has 32 heavy (non-hydrogen) atoms. The van der Waals surface area contributed by atoms with Gasteiger partial charge in [0.25, 0.3) is 11.5 Å². The average molecular weight is 515 g/mol. The number of aliphatic hydroxyl groups is 3.